The van der Waals surface area contributed by atoms with Crippen molar-refractivity contribution < 1.29 is 21.3 Å². The van der Waals surface area contributed by atoms with E-state index in [9.17, 15) is 16.8 Å². The molecule has 1 heterocycles. The fraction of sp³-hybridized carbons (Fsp3) is 0.600. The summed E-state index contributed by atoms with van der Waals surface area (Å²) in [6.07, 6.45) is 1.06. The number of furan rings is 1. The molecule has 0 aromatic carbocycles. The first-order valence-electron chi connectivity index (χ1n) is 5.51. The summed E-state index contributed by atoms with van der Waals surface area (Å²) in [4.78, 5) is 0.0175. The highest BCUT2D eigenvalue weighted by atomic mass is 32.2. The van der Waals surface area contributed by atoms with Gasteiger partial charge in [-0.3, -0.25) is 0 Å². The molecule has 0 atom stereocenters. The highest BCUT2D eigenvalue weighted by Crippen LogP contribution is 2.22. The van der Waals surface area contributed by atoms with Crippen LogP contribution in [0.3, 0.4) is 0 Å². The van der Waals surface area contributed by atoms with Crippen LogP contribution in [0.4, 0.5) is 0 Å². The monoisotopic (exact) mass is 310 g/mol. The Balaban J connectivity index is 2.99. The lowest BCUT2D eigenvalue weighted by Crippen LogP contribution is -2.31. The molecule has 1 rings (SSSR count). The lowest BCUT2D eigenvalue weighted by Gasteiger charge is -2.15. The Kier molecular flexibility index (Phi) is 4.77. The molecule has 0 fully saturated rings. The molecule has 0 spiro atoms. The molecule has 7 nitrogen and oxygen atoms in total. The lowest BCUT2D eigenvalue weighted by molar-refractivity contribution is 0.466. The van der Waals surface area contributed by atoms with Crippen LogP contribution in [0.25, 0.3) is 0 Å². The largest absolute Gasteiger partial charge is 0.464 e. The van der Waals surface area contributed by atoms with Crippen LogP contribution < -0.4 is 5.73 Å². The van der Waals surface area contributed by atoms with Gasteiger partial charge in [0.1, 0.15) is 26.3 Å². The normalized spacial score (nSPS) is 13.1. The van der Waals surface area contributed by atoms with Gasteiger partial charge in [-0.1, -0.05) is 0 Å². The molecule has 110 valence electrons. The van der Waals surface area contributed by atoms with E-state index in [1.54, 1.807) is 0 Å². The van der Waals surface area contributed by atoms with E-state index in [1.165, 1.54) is 20.0 Å². The second kappa shape index (κ2) is 5.61. The summed E-state index contributed by atoms with van der Waals surface area (Å²) in [6.45, 7) is 1.52. The van der Waals surface area contributed by atoms with E-state index >= 15 is 0 Å². The zero-order valence-electron chi connectivity index (χ0n) is 11.1. The molecular formula is C10H18N2O5S2. The van der Waals surface area contributed by atoms with E-state index in [2.05, 4.69) is 0 Å². The van der Waals surface area contributed by atoms with Crippen molar-refractivity contribution in [3.8, 4) is 0 Å². The summed E-state index contributed by atoms with van der Waals surface area (Å²) in [5.41, 5.74) is 5.39. The molecule has 1 aromatic heterocycles. The molecule has 0 aliphatic rings. The molecule has 0 bridgehead atoms. The van der Waals surface area contributed by atoms with Crippen molar-refractivity contribution in [1.29, 1.82) is 0 Å². The first-order chi connectivity index (χ1) is 8.58. The van der Waals surface area contributed by atoms with Crippen LogP contribution in [0.2, 0.25) is 0 Å². The van der Waals surface area contributed by atoms with Gasteiger partial charge in [0.05, 0.1) is 12.3 Å². The minimum atomic E-state index is -3.76. The van der Waals surface area contributed by atoms with E-state index in [0.717, 1.165) is 10.6 Å². The second-order valence-electron chi connectivity index (χ2n) is 4.29. The Bertz CT molecular complexity index is 645. The van der Waals surface area contributed by atoms with Gasteiger partial charge >= 0.3 is 0 Å². The summed E-state index contributed by atoms with van der Waals surface area (Å²) < 4.78 is 52.8. The second-order valence-corrected chi connectivity index (χ2v) is 8.57. The zero-order valence-corrected chi connectivity index (χ0v) is 12.7. The van der Waals surface area contributed by atoms with Crippen LogP contribution in [0.5, 0.6) is 0 Å². The molecule has 0 radical (unpaired) electrons. The first-order valence-corrected chi connectivity index (χ1v) is 9.01. The van der Waals surface area contributed by atoms with Crippen LogP contribution in [0.1, 0.15) is 11.5 Å². The first kappa shape index (κ1) is 16.2. The molecular weight excluding hydrogens is 292 g/mol. The third kappa shape index (κ3) is 4.03. The summed E-state index contributed by atoms with van der Waals surface area (Å²) in [6, 6.07) is 1.36. The van der Waals surface area contributed by atoms with Crippen LogP contribution in [0.15, 0.2) is 15.4 Å². The number of nitrogens with two attached hydrogens (primary N) is 1. The van der Waals surface area contributed by atoms with E-state index in [0.29, 0.717) is 5.76 Å². The van der Waals surface area contributed by atoms with Crippen LogP contribution >= 0.6 is 0 Å². The lowest BCUT2D eigenvalue weighted by atomic mass is 10.4. The maximum absolute atomic E-state index is 12.2. The number of sulfonamides is 1. The summed E-state index contributed by atoms with van der Waals surface area (Å²) >= 11 is 0. The van der Waals surface area contributed by atoms with E-state index in [-0.39, 0.29) is 29.5 Å². The zero-order chi connectivity index (χ0) is 14.8. The molecule has 0 saturated carbocycles. The average molecular weight is 310 g/mol. The highest BCUT2D eigenvalue weighted by molar-refractivity contribution is 7.91. The third-order valence-corrected chi connectivity index (χ3v) is 5.48. The topological polar surface area (TPSA) is 111 Å². The molecule has 0 amide bonds. The van der Waals surface area contributed by atoms with E-state index in [4.69, 9.17) is 10.2 Å². The molecule has 1 aromatic rings. The van der Waals surface area contributed by atoms with E-state index < -0.39 is 19.9 Å². The Hall–Kier alpha value is -0.900. The summed E-state index contributed by atoms with van der Waals surface area (Å²) in [7, 11) is -5.65. The molecule has 9 heteroatoms. The van der Waals surface area contributed by atoms with Crippen molar-refractivity contribution in [2.24, 2.45) is 5.73 Å². The minimum Gasteiger partial charge on any atom is -0.464 e. The fourth-order valence-corrected chi connectivity index (χ4v) is 3.54. The molecule has 2 N–H and O–H groups in total. The van der Waals surface area contributed by atoms with Crippen molar-refractivity contribution >= 4 is 19.9 Å². The van der Waals surface area contributed by atoms with Gasteiger partial charge in [0.2, 0.25) is 10.0 Å². The van der Waals surface area contributed by atoms with Gasteiger partial charge in [-0.05, 0) is 6.92 Å². The van der Waals surface area contributed by atoms with Crippen molar-refractivity contribution in [1.82, 2.24) is 4.31 Å². The fourth-order valence-electron chi connectivity index (χ4n) is 1.46. The van der Waals surface area contributed by atoms with Gasteiger partial charge in [-0.15, -0.1) is 0 Å². The van der Waals surface area contributed by atoms with E-state index in [1.807, 2.05) is 0 Å². The van der Waals surface area contributed by atoms with Crippen LogP contribution in [-0.2, 0) is 26.4 Å². The van der Waals surface area contributed by atoms with Gasteiger partial charge in [0, 0.05) is 25.9 Å². The quantitative estimate of drug-likeness (QED) is 0.773. The Morgan fingerprint density at radius 1 is 1.32 bits per heavy atom. The Morgan fingerprint density at radius 2 is 1.89 bits per heavy atom. The van der Waals surface area contributed by atoms with Crippen molar-refractivity contribution in [2.75, 3.05) is 25.6 Å². The number of sulfone groups is 1. The highest BCUT2D eigenvalue weighted by Gasteiger charge is 2.26. The molecule has 0 aliphatic carbocycles. The summed E-state index contributed by atoms with van der Waals surface area (Å²) in [5, 5.41) is 0. The minimum absolute atomic E-state index is 0.0175. The van der Waals surface area contributed by atoms with Gasteiger partial charge in [0.25, 0.3) is 0 Å². The third-order valence-electron chi connectivity index (χ3n) is 2.59. The maximum atomic E-state index is 12.2. The standard InChI is InChI=1S/C10H18N2O5S2/c1-8-10(6-9(7-11)17-8)19(15,16)12(2)4-5-18(3,13)14/h6H,4-5,7,11H2,1-3H3. The van der Waals surface area contributed by atoms with Gasteiger partial charge in [-0.2, -0.15) is 4.31 Å². The average Bonchev–Trinajstić information content (AvgIpc) is 2.67. The Morgan fingerprint density at radius 3 is 2.32 bits per heavy atom. The number of nitrogens with zero attached hydrogens (tertiary/aromatic N) is 1. The number of rotatable bonds is 6. The van der Waals surface area contributed by atoms with Gasteiger partial charge in [-0.25, -0.2) is 16.8 Å². The van der Waals surface area contributed by atoms with Crippen molar-refractivity contribution in [3.63, 3.8) is 0 Å². The smallest absolute Gasteiger partial charge is 0.246 e. The molecule has 0 saturated heterocycles. The van der Waals surface area contributed by atoms with Crippen molar-refractivity contribution in [2.45, 2.75) is 18.4 Å². The predicted molar refractivity (Wildman–Crippen MR) is 70.9 cm³/mol. The number of aryl methyl sites for hydroxylation is 1. The maximum Gasteiger partial charge on any atom is 0.246 e. The number of hydrogen-bond acceptors (Lipinski definition) is 6. The SMILES string of the molecule is Cc1oc(CN)cc1S(=O)(=O)N(C)CCS(C)(=O)=O. The molecule has 0 unspecified atom stereocenters. The van der Waals surface area contributed by atoms with Gasteiger partial charge in [0.15, 0.2) is 0 Å². The summed E-state index contributed by atoms with van der Waals surface area (Å²) in [5.74, 6) is 0.378. The molecule has 19 heavy (non-hydrogen) atoms. The number of hydrogen-bond donors (Lipinski definition) is 1. The molecule has 0 aliphatic heterocycles. The van der Waals surface area contributed by atoms with Crippen LogP contribution in [-0.4, -0.2) is 46.7 Å². The Labute approximate surface area is 113 Å². The predicted octanol–water partition coefficient (Wildman–Crippen LogP) is -0.288. The van der Waals surface area contributed by atoms with Gasteiger partial charge < -0.3 is 10.2 Å². The van der Waals surface area contributed by atoms with Crippen LogP contribution in [0, 0.1) is 6.92 Å². The van der Waals surface area contributed by atoms with Crippen molar-refractivity contribution in [3.05, 3.63) is 17.6 Å².